The van der Waals surface area contributed by atoms with Crippen LogP contribution >= 0.6 is 15.9 Å². The van der Waals surface area contributed by atoms with E-state index in [2.05, 4.69) is 58.5 Å². The molecule has 1 aromatic carbocycles. The Morgan fingerprint density at radius 3 is 2.84 bits per heavy atom. The number of nitrogens with zero attached hydrogens (tertiary/aromatic N) is 2. The lowest BCUT2D eigenvalue weighted by Crippen LogP contribution is -2.19. The second-order valence-electron chi connectivity index (χ2n) is 5.21. The molecule has 0 fully saturated rings. The predicted octanol–water partition coefficient (Wildman–Crippen LogP) is 3.60. The van der Waals surface area contributed by atoms with Crippen LogP contribution in [0, 0.1) is 5.92 Å². The van der Waals surface area contributed by atoms with Crippen molar-refractivity contribution in [3.8, 4) is 11.3 Å². The molecule has 3 nitrogen and oxygen atoms in total. The molecule has 0 saturated carbocycles. The summed E-state index contributed by atoms with van der Waals surface area (Å²) in [5.41, 5.74) is 3.44. The zero-order valence-corrected chi connectivity index (χ0v) is 13.2. The maximum Gasteiger partial charge on any atom is 0.0968 e. The van der Waals surface area contributed by atoms with Crippen molar-refractivity contribution in [2.24, 2.45) is 13.0 Å². The number of halogens is 1. The van der Waals surface area contributed by atoms with Gasteiger partial charge in [-0.1, -0.05) is 41.9 Å². The summed E-state index contributed by atoms with van der Waals surface area (Å²) in [6.45, 7) is 6.30. The van der Waals surface area contributed by atoms with E-state index >= 15 is 0 Å². The molecule has 0 unspecified atom stereocenters. The topological polar surface area (TPSA) is 29.9 Å². The molecule has 0 atom stereocenters. The molecule has 0 saturated heterocycles. The molecule has 0 spiro atoms. The molecule has 102 valence electrons. The fourth-order valence-electron chi connectivity index (χ4n) is 2.04. The van der Waals surface area contributed by atoms with Gasteiger partial charge in [-0.2, -0.15) is 5.10 Å². The van der Waals surface area contributed by atoms with Crippen molar-refractivity contribution in [3.05, 3.63) is 40.5 Å². The largest absolute Gasteiger partial charge is 0.312 e. The smallest absolute Gasteiger partial charge is 0.0968 e. The van der Waals surface area contributed by atoms with Gasteiger partial charge in [-0.3, -0.25) is 4.68 Å². The molecule has 2 rings (SSSR count). The third kappa shape index (κ3) is 3.91. The van der Waals surface area contributed by atoms with Crippen LogP contribution in [0.15, 0.2) is 34.9 Å². The van der Waals surface area contributed by atoms with Gasteiger partial charge in [-0.25, -0.2) is 0 Å². The van der Waals surface area contributed by atoms with Crippen LogP contribution in [0.2, 0.25) is 0 Å². The zero-order chi connectivity index (χ0) is 13.8. The Morgan fingerprint density at radius 1 is 1.37 bits per heavy atom. The predicted molar refractivity (Wildman–Crippen MR) is 82.9 cm³/mol. The first-order chi connectivity index (χ1) is 9.06. The third-order valence-electron chi connectivity index (χ3n) is 2.87. The molecular weight excluding hydrogens is 302 g/mol. The number of aryl methyl sites for hydroxylation is 1. The monoisotopic (exact) mass is 321 g/mol. The number of hydrogen-bond acceptors (Lipinski definition) is 2. The molecular formula is C15H20BrN3. The Morgan fingerprint density at radius 2 is 2.16 bits per heavy atom. The van der Waals surface area contributed by atoms with Crippen LogP contribution in [0.5, 0.6) is 0 Å². The van der Waals surface area contributed by atoms with Crippen LogP contribution < -0.4 is 5.32 Å². The van der Waals surface area contributed by atoms with Crippen molar-refractivity contribution in [3.63, 3.8) is 0 Å². The second kappa shape index (κ2) is 6.35. The van der Waals surface area contributed by atoms with Gasteiger partial charge in [0, 0.05) is 35.4 Å². The van der Waals surface area contributed by atoms with Gasteiger partial charge in [0.15, 0.2) is 0 Å². The SMILES string of the molecule is CC(C)CNCc1cn(C)nc1-c1cccc(Br)c1. The van der Waals surface area contributed by atoms with E-state index in [4.69, 9.17) is 0 Å². The van der Waals surface area contributed by atoms with Crippen LogP contribution in [0.25, 0.3) is 11.3 Å². The average molecular weight is 322 g/mol. The number of benzene rings is 1. The zero-order valence-electron chi connectivity index (χ0n) is 11.7. The van der Waals surface area contributed by atoms with Crippen LogP contribution in [-0.2, 0) is 13.6 Å². The summed E-state index contributed by atoms with van der Waals surface area (Å²) in [6.07, 6.45) is 2.09. The minimum Gasteiger partial charge on any atom is -0.312 e. The first-order valence-corrected chi connectivity index (χ1v) is 7.34. The number of hydrogen-bond donors (Lipinski definition) is 1. The molecule has 4 heteroatoms. The molecule has 0 radical (unpaired) electrons. The Bertz CT molecular complexity index is 546. The molecule has 0 aliphatic heterocycles. The molecule has 1 N–H and O–H groups in total. The van der Waals surface area contributed by atoms with E-state index in [0.29, 0.717) is 5.92 Å². The summed E-state index contributed by atoms with van der Waals surface area (Å²) in [6, 6.07) is 8.27. The van der Waals surface area contributed by atoms with E-state index in [-0.39, 0.29) is 0 Å². The van der Waals surface area contributed by atoms with Crippen molar-refractivity contribution in [1.82, 2.24) is 15.1 Å². The summed E-state index contributed by atoms with van der Waals surface area (Å²) in [5.74, 6) is 0.658. The Balaban J connectivity index is 2.21. The van der Waals surface area contributed by atoms with Gasteiger partial charge in [0.05, 0.1) is 5.69 Å². The maximum absolute atomic E-state index is 4.58. The van der Waals surface area contributed by atoms with Crippen molar-refractivity contribution >= 4 is 15.9 Å². The fraction of sp³-hybridized carbons (Fsp3) is 0.400. The Labute approximate surface area is 123 Å². The van der Waals surface area contributed by atoms with E-state index in [1.807, 2.05) is 23.9 Å². The lowest BCUT2D eigenvalue weighted by atomic mass is 10.1. The van der Waals surface area contributed by atoms with Gasteiger partial charge in [-0.15, -0.1) is 0 Å². The first-order valence-electron chi connectivity index (χ1n) is 6.55. The van der Waals surface area contributed by atoms with E-state index in [1.165, 1.54) is 5.56 Å². The third-order valence-corrected chi connectivity index (χ3v) is 3.36. The fourth-order valence-corrected chi connectivity index (χ4v) is 2.44. The maximum atomic E-state index is 4.58. The van der Waals surface area contributed by atoms with Crippen molar-refractivity contribution < 1.29 is 0 Å². The lowest BCUT2D eigenvalue weighted by molar-refractivity contribution is 0.552. The van der Waals surface area contributed by atoms with Crippen molar-refractivity contribution in [1.29, 1.82) is 0 Å². The van der Waals surface area contributed by atoms with Gasteiger partial charge in [0.25, 0.3) is 0 Å². The number of rotatable bonds is 5. The van der Waals surface area contributed by atoms with E-state index in [0.717, 1.165) is 28.8 Å². The van der Waals surface area contributed by atoms with Crippen LogP contribution in [-0.4, -0.2) is 16.3 Å². The van der Waals surface area contributed by atoms with E-state index in [9.17, 15) is 0 Å². The minimum absolute atomic E-state index is 0.658. The molecule has 1 aromatic heterocycles. The van der Waals surface area contributed by atoms with Gasteiger partial charge in [0.2, 0.25) is 0 Å². The van der Waals surface area contributed by atoms with Crippen molar-refractivity contribution in [2.75, 3.05) is 6.54 Å². The van der Waals surface area contributed by atoms with Crippen molar-refractivity contribution in [2.45, 2.75) is 20.4 Å². The van der Waals surface area contributed by atoms with Gasteiger partial charge in [0.1, 0.15) is 0 Å². The normalized spacial score (nSPS) is 11.2. The molecule has 1 heterocycles. The van der Waals surface area contributed by atoms with Crippen LogP contribution in [0.1, 0.15) is 19.4 Å². The summed E-state index contributed by atoms with van der Waals surface area (Å²) < 4.78 is 2.96. The summed E-state index contributed by atoms with van der Waals surface area (Å²) in [7, 11) is 1.97. The molecule has 19 heavy (non-hydrogen) atoms. The highest BCUT2D eigenvalue weighted by Crippen LogP contribution is 2.24. The van der Waals surface area contributed by atoms with Crippen LogP contribution in [0.4, 0.5) is 0 Å². The Kier molecular flexibility index (Phi) is 4.77. The summed E-state index contributed by atoms with van der Waals surface area (Å²) in [5, 5.41) is 8.05. The molecule has 0 aliphatic rings. The first kappa shape index (κ1) is 14.3. The van der Waals surface area contributed by atoms with Gasteiger partial charge >= 0.3 is 0 Å². The minimum atomic E-state index is 0.658. The highest BCUT2D eigenvalue weighted by Gasteiger charge is 2.10. The highest BCUT2D eigenvalue weighted by atomic mass is 79.9. The van der Waals surface area contributed by atoms with E-state index in [1.54, 1.807) is 0 Å². The second-order valence-corrected chi connectivity index (χ2v) is 6.13. The highest BCUT2D eigenvalue weighted by molar-refractivity contribution is 9.10. The number of nitrogens with one attached hydrogen (secondary N) is 1. The number of aromatic nitrogens is 2. The average Bonchev–Trinajstić information content (AvgIpc) is 2.70. The molecule has 0 aliphatic carbocycles. The molecule has 2 aromatic rings. The van der Waals surface area contributed by atoms with Gasteiger partial charge in [-0.05, 0) is 24.6 Å². The standard InChI is InChI=1S/C15H20BrN3/c1-11(2)8-17-9-13-10-19(3)18-15(13)12-5-4-6-14(16)7-12/h4-7,10-11,17H,8-9H2,1-3H3. The summed E-state index contributed by atoms with van der Waals surface area (Å²) >= 11 is 3.51. The van der Waals surface area contributed by atoms with E-state index < -0.39 is 0 Å². The Hall–Kier alpha value is -1.13. The van der Waals surface area contributed by atoms with Crippen LogP contribution in [0.3, 0.4) is 0 Å². The lowest BCUT2D eigenvalue weighted by Gasteiger charge is -2.07. The molecule has 0 amide bonds. The van der Waals surface area contributed by atoms with Gasteiger partial charge < -0.3 is 5.32 Å². The molecule has 0 bridgehead atoms. The summed E-state index contributed by atoms with van der Waals surface area (Å²) in [4.78, 5) is 0. The quantitative estimate of drug-likeness (QED) is 0.912.